The minimum atomic E-state index is -0.647. The predicted octanol–water partition coefficient (Wildman–Crippen LogP) is 4.54. The van der Waals surface area contributed by atoms with Gasteiger partial charge < -0.3 is 15.4 Å². The van der Waals surface area contributed by atoms with Crippen LogP contribution >= 0.6 is 0 Å². The Morgan fingerprint density at radius 3 is 2.66 bits per heavy atom. The zero-order valence-electron chi connectivity index (χ0n) is 19.2. The molecule has 2 N–H and O–H groups in total. The van der Waals surface area contributed by atoms with Crippen LogP contribution in [-0.2, 0) is 0 Å². The molecule has 1 aliphatic rings. The first kappa shape index (κ1) is 22.7. The highest BCUT2D eigenvalue weighted by atomic mass is 19.1. The molecule has 9 heteroatoms. The average molecular weight is 475 g/mol. The highest BCUT2D eigenvalue weighted by molar-refractivity contribution is 5.85. The molecule has 0 spiro atoms. The fourth-order valence-electron chi connectivity index (χ4n) is 4.60. The SMILES string of the molecule is COc1ccc(-c2c(-c3ccc(C#N)c(F)c3)nc3c(N4CCCC[C@@H](N)C4)nccn23)cc1F. The number of methoxy groups -OCH3 is 1. The minimum Gasteiger partial charge on any atom is -0.494 e. The number of benzene rings is 2. The molecule has 1 fully saturated rings. The lowest BCUT2D eigenvalue weighted by atomic mass is 10.0. The Kier molecular flexibility index (Phi) is 6.05. The number of rotatable bonds is 4. The van der Waals surface area contributed by atoms with Crippen molar-refractivity contribution in [2.45, 2.75) is 25.3 Å². The van der Waals surface area contributed by atoms with Gasteiger partial charge in [0.1, 0.15) is 11.9 Å². The molecule has 0 unspecified atom stereocenters. The first-order valence-corrected chi connectivity index (χ1v) is 11.4. The van der Waals surface area contributed by atoms with Gasteiger partial charge in [0.25, 0.3) is 0 Å². The zero-order valence-corrected chi connectivity index (χ0v) is 19.2. The average Bonchev–Trinajstić information content (AvgIpc) is 3.12. The molecule has 1 aliphatic heterocycles. The van der Waals surface area contributed by atoms with Crippen molar-refractivity contribution in [1.29, 1.82) is 5.26 Å². The second kappa shape index (κ2) is 9.31. The summed E-state index contributed by atoms with van der Waals surface area (Å²) in [4.78, 5) is 11.6. The van der Waals surface area contributed by atoms with Gasteiger partial charge in [-0.1, -0.05) is 12.5 Å². The quantitative estimate of drug-likeness (QED) is 0.467. The van der Waals surface area contributed by atoms with Gasteiger partial charge in [-0.25, -0.2) is 18.7 Å². The molecular formula is C26H24F2N6O. The number of halogens is 2. The standard InChI is InChI=1S/C26H24F2N6O/c1-35-22-8-7-17(13-21(22)28)24-23(16-5-6-18(14-29)20(27)12-16)32-26-25(31-9-11-34(24)26)33-10-3-2-4-19(30)15-33/h5-9,11-13,19H,2-4,10,15,30H2,1H3/t19-/m1/s1. The lowest BCUT2D eigenvalue weighted by molar-refractivity contribution is 0.386. The first-order chi connectivity index (χ1) is 17.0. The van der Waals surface area contributed by atoms with E-state index >= 15 is 0 Å². The molecule has 0 amide bonds. The Morgan fingerprint density at radius 1 is 1.11 bits per heavy atom. The molecule has 4 aromatic rings. The highest BCUT2D eigenvalue weighted by Gasteiger charge is 2.24. The number of ether oxygens (including phenoxy) is 1. The summed E-state index contributed by atoms with van der Waals surface area (Å²) in [5, 5.41) is 9.14. The van der Waals surface area contributed by atoms with Crippen molar-refractivity contribution in [3.05, 3.63) is 66.0 Å². The number of nitriles is 1. The Bertz CT molecular complexity index is 1440. The molecule has 2 aromatic carbocycles. The molecule has 3 heterocycles. The molecular weight excluding hydrogens is 450 g/mol. The van der Waals surface area contributed by atoms with Gasteiger partial charge in [-0.3, -0.25) is 4.40 Å². The number of hydrogen-bond acceptors (Lipinski definition) is 6. The predicted molar refractivity (Wildman–Crippen MR) is 129 cm³/mol. The summed E-state index contributed by atoms with van der Waals surface area (Å²) in [6.07, 6.45) is 6.40. The van der Waals surface area contributed by atoms with E-state index in [-0.39, 0.29) is 17.4 Å². The van der Waals surface area contributed by atoms with E-state index in [4.69, 9.17) is 20.7 Å². The Labute approximate surface area is 201 Å². The maximum Gasteiger partial charge on any atom is 0.181 e. The van der Waals surface area contributed by atoms with Gasteiger partial charge >= 0.3 is 0 Å². The van der Waals surface area contributed by atoms with Crippen LogP contribution in [0.4, 0.5) is 14.6 Å². The molecule has 1 saturated heterocycles. The van der Waals surface area contributed by atoms with Crippen LogP contribution in [0.3, 0.4) is 0 Å². The summed E-state index contributed by atoms with van der Waals surface area (Å²) in [6.45, 7) is 1.44. The molecule has 178 valence electrons. The largest absolute Gasteiger partial charge is 0.494 e. The Morgan fingerprint density at radius 2 is 1.91 bits per heavy atom. The Balaban J connectivity index is 1.76. The second-order valence-corrected chi connectivity index (χ2v) is 8.61. The van der Waals surface area contributed by atoms with Crippen molar-refractivity contribution in [3.8, 4) is 34.3 Å². The molecule has 5 rings (SSSR count). The van der Waals surface area contributed by atoms with Crippen molar-refractivity contribution in [1.82, 2.24) is 14.4 Å². The van der Waals surface area contributed by atoms with E-state index in [2.05, 4.69) is 9.88 Å². The van der Waals surface area contributed by atoms with Crippen molar-refractivity contribution in [2.24, 2.45) is 5.73 Å². The van der Waals surface area contributed by atoms with E-state index in [1.54, 1.807) is 30.6 Å². The van der Waals surface area contributed by atoms with E-state index in [1.165, 1.54) is 25.3 Å². The monoisotopic (exact) mass is 474 g/mol. The number of anilines is 1. The molecule has 0 saturated carbocycles. The maximum atomic E-state index is 14.7. The summed E-state index contributed by atoms with van der Waals surface area (Å²) in [7, 11) is 1.40. The number of aromatic nitrogens is 3. The lowest BCUT2D eigenvalue weighted by Crippen LogP contribution is -2.36. The van der Waals surface area contributed by atoms with Crippen LogP contribution in [0.5, 0.6) is 5.75 Å². The number of nitrogens with zero attached hydrogens (tertiary/aromatic N) is 5. The molecule has 0 aliphatic carbocycles. The van der Waals surface area contributed by atoms with E-state index < -0.39 is 11.6 Å². The van der Waals surface area contributed by atoms with Crippen LogP contribution in [0, 0.1) is 23.0 Å². The van der Waals surface area contributed by atoms with Crippen LogP contribution in [0.2, 0.25) is 0 Å². The van der Waals surface area contributed by atoms with Crippen LogP contribution in [-0.4, -0.2) is 40.6 Å². The summed E-state index contributed by atoms with van der Waals surface area (Å²) < 4.78 is 36.2. The number of nitrogens with two attached hydrogens (primary N) is 1. The Hall–Kier alpha value is -4.03. The summed E-state index contributed by atoms with van der Waals surface area (Å²) in [5.41, 5.74) is 8.83. The topological polar surface area (TPSA) is 92.5 Å². The third-order valence-electron chi connectivity index (χ3n) is 6.32. The van der Waals surface area contributed by atoms with Gasteiger partial charge in [-0.05, 0) is 43.2 Å². The van der Waals surface area contributed by atoms with Crippen LogP contribution < -0.4 is 15.4 Å². The van der Waals surface area contributed by atoms with Gasteiger partial charge in [0.2, 0.25) is 0 Å². The molecule has 0 radical (unpaired) electrons. The lowest BCUT2D eigenvalue weighted by Gasteiger charge is -2.23. The molecule has 7 nitrogen and oxygen atoms in total. The van der Waals surface area contributed by atoms with Gasteiger partial charge in [0.05, 0.1) is 24.1 Å². The smallest absolute Gasteiger partial charge is 0.181 e. The fourth-order valence-corrected chi connectivity index (χ4v) is 4.60. The summed E-state index contributed by atoms with van der Waals surface area (Å²) >= 11 is 0. The number of hydrogen-bond donors (Lipinski definition) is 1. The van der Waals surface area contributed by atoms with Crippen molar-refractivity contribution in [3.63, 3.8) is 0 Å². The summed E-state index contributed by atoms with van der Waals surface area (Å²) in [5.74, 6) is -0.384. The van der Waals surface area contributed by atoms with Gasteiger partial charge in [-0.2, -0.15) is 5.26 Å². The minimum absolute atomic E-state index is 0.0248. The van der Waals surface area contributed by atoms with Crippen molar-refractivity contribution < 1.29 is 13.5 Å². The number of fused-ring (bicyclic) bond motifs is 1. The van der Waals surface area contributed by atoms with Crippen LogP contribution in [0.15, 0.2) is 48.8 Å². The normalized spacial score (nSPS) is 16.2. The van der Waals surface area contributed by atoms with Gasteiger partial charge in [0, 0.05) is 42.7 Å². The van der Waals surface area contributed by atoms with Crippen molar-refractivity contribution >= 4 is 11.5 Å². The molecule has 2 aromatic heterocycles. The number of imidazole rings is 1. The molecule has 35 heavy (non-hydrogen) atoms. The van der Waals surface area contributed by atoms with Gasteiger partial charge in [0.15, 0.2) is 23.0 Å². The molecule has 0 bridgehead atoms. The summed E-state index contributed by atoms with van der Waals surface area (Å²) in [6, 6.07) is 10.8. The maximum absolute atomic E-state index is 14.7. The fraction of sp³-hybridized carbons (Fsp3) is 0.269. The first-order valence-electron chi connectivity index (χ1n) is 11.4. The van der Waals surface area contributed by atoms with E-state index in [9.17, 15) is 8.78 Å². The van der Waals surface area contributed by atoms with Gasteiger partial charge in [-0.15, -0.1) is 0 Å². The van der Waals surface area contributed by atoms with E-state index in [1.807, 2.05) is 10.5 Å². The van der Waals surface area contributed by atoms with Crippen molar-refractivity contribution in [2.75, 3.05) is 25.1 Å². The van der Waals surface area contributed by atoms with Crippen LogP contribution in [0.25, 0.3) is 28.2 Å². The van der Waals surface area contributed by atoms with E-state index in [0.29, 0.717) is 40.5 Å². The zero-order chi connectivity index (χ0) is 24.5. The highest BCUT2D eigenvalue weighted by Crippen LogP contribution is 2.37. The third kappa shape index (κ3) is 4.17. The second-order valence-electron chi connectivity index (χ2n) is 8.61. The van der Waals surface area contributed by atoms with E-state index in [0.717, 1.165) is 25.8 Å². The third-order valence-corrected chi connectivity index (χ3v) is 6.32. The molecule has 1 atom stereocenters. The van der Waals surface area contributed by atoms with Crippen LogP contribution in [0.1, 0.15) is 24.8 Å².